The second-order valence-electron chi connectivity index (χ2n) is 4.82. The monoisotopic (exact) mass is 208 g/mol. The SMILES string of the molecule is NCC1(NC(=O)C2CC=CC2)CCCC1. The molecule has 3 heteroatoms. The molecule has 1 saturated carbocycles. The van der Waals surface area contributed by atoms with Gasteiger partial charge in [-0.3, -0.25) is 4.79 Å². The van der Waals surface area contributed by atoms with Crippen LogP contribution in [-0.2, 0) is 4.79 Å². The summed E-state index contributed by atoms with van der Waals surface area (Å²) in [6, 6.07) is 0. The number of carbonyl (C=O) groups excluding carboxylic acids is 1. The molecule has 3 nitrogen and oxygen atoms in total. The lowest BCUT2D eigenvalue weighted by molar-refractivity contribution is -0.126. The molecule has 1 amide bonds. The Labute approximate surface area is 91.1 Å². The van der Waals surface area contributed by atoms with Gasteiger partial charge >= 0.3 is 0 Å². The van der Waals surface area contributed by atoms with Crippen LogP contribution in [0.2, 0.25) is 0 Å². The van der Waals surface area contributed by atoms with Gasteiger partial charge in [-0.25, -0.2) is 0 Å². The van der Waals surface area contributed by atoms with Gasteiger partial charge in [-0.2, -0.15) is 0 Å². The summed E-state index contributed by atoms with van der Waals surface area (Å²) in [5, 5.41) is 3.18. The summed E-state index contributed by atoms with van der Waals surface area (Å²) < 4.78 is 0. The first-order valence-electron chi connectivity index (χ1n) is 5.93. The minimum Gasteiger partial charge on any atom is -0.349 e. The number of nitrogens with two attached hydrogens (primary N) is 1. The van der Waals surface area contributed by atoms with E-state index in [-0.39, 0.29) is 17.4 Å². The van der Waals surface area contributed by atoms with Gasteiger partial charge in [0.25, 0.3) is 0 Å². The molecular formula is C12H20N2O. The molecule has 0 atom stereocenters. The van der Waals surface area contributed by atoms with Crippen molar-refractivity contribution in [1.82, 2.24) is 5.32 Å². The number of hydrogen-bond acceptors (Lipinski definition) is 2. The molecule has 0 unspecified atom stereocenters. The maximum absolute atomic E-state index is 12.0. The van der Waals surface area contributed by atoms with Crippen molar-refractivity contribution in [3.05, 3.63) is 12.2 Å². The van der Waals surface area contributed by atoms with Gasteiger partial charge in [-0.05, 0) is 25.7 Å². The van der Waals surface area contributed by atoms with E-state index >= 15 is 0 Å². The van der Waals surface area contributed by atoms with Crippen LogP contribution in [0.4, 0.5) is 0 Å². The maximum atomic E-state index is 12.0. The van der Waals surface area contributed by atoms with Crippen molar-refractivity contribution in [3.8, 4) is 0 Å². The quantitative estimate of drug-likeness (QED) is 0.688. The van der Waals surface area contributed by atoms with Crippen molar-refractivity contribution in [3.63, 3.8) is 0 Å². The van der Waals surface area contributed by atoms with Crippen molar-refractivity contribution in [1.29, 1.82) is 0 Å². The van der Waals surface area contributed by atoms with Crippen LogP contribution in [0, 0.1) is 5.92 Å². The first-order chi connectivity index (χ1) is 7.26. The number of nitrogens with one attached hydrogen (secondary N) is 1. The Kier molecular flexibility index (Phi) is 3.10. The normalized spacial score (nSPS) is 24.6. The summed E-state index contributed by atoms with van der Waals surface area (Å²) in [6.07, 6.45) is 10.5. The molecule has 15 heavy (non-hydrogen) atoms. The van der Waals surface area contributed by atoms with E-state index in [1.807, 2.05) is 0 Å². The zero-order valence-corrected chi connectivity index (χ0v) is 9.17. The van der Waals surface area contributed by atoms with Gasteiger partial charge in [0.2, 0.25) is 5.91 Å². The van der Waals surface area contributed by atoms with Crippen LogP contribution in [0.15, 0.2) is 12.2 Å². The Bertz CT molecular complexity index is 259. The van der Waals surface area contributed by atoms with Gasteiger partial charge in [0.05, 0.1) is 5.54 Å². The smallest absolute Gasteiger partial charge is 0.224 e. The van der Waals surface area contributed by atoms with E-state index in [4.69, 9.17) is 5.73 Å². The number of allylic oxidation sites excluding steroid dienone is 2. The topological polar surface area (TPSA) is 55.1 Å². The highest BCUT2D eigenvalue weighted by Gasteiger charge is 2.35. The number of carbonyl (C=O) groups is 1. The molecule has 0 saturated heterocycles. The highest BCUT2D eigenvalue weighted by molar-refractivity contribution is 5.80. The Hall–Kier alpha value is -0.830. The van der Waals surface area contributed by atoms with Crippen molar-refractivity contribution >= 4 is 5.91 Å². The summed E-state index contributed by atoms with van der Waals surface area (Å²) in [7, 11) is 0. The largest absolute Gasteiger partial charge is 0.349 e. The highest BCUT2D eigenvalue weighted by Crippen LogP contribution is 2.29. The summed E-state index contributed by atoms with van der Waals surface area (Å²) in [6.45, 7) is 0.582. The third-order valence-corrected chi connectivity index (χ3v) is 3.72. The Morgan fingerprint density at radius 2 is 1.93 bits per heavy atom. The molecule has 0 heterocycles. The van der Waals surface area contributed by atoms with E-state index in [0.717, 1.165) is 25.7 Å². The average molecular weight is 208 g/mol. The van der Waals surface area contributed by atoms with Gasteiger partial charge < -0.3 is 11.1 Å². The number of amides is 1. The number of hydrogen-bond donors (Lipinski definition) is 2. The Morgan fingerprint density at radius 3 is 2.47 bits per heavy atom. The van der Waals surface area contributed by atoms with E-state index in [9.17, 15) is 4.79 Å². The molecular weight excluding hydrogens is 188 g/mol. The van der Waals surface area contributed by atoms with E-state index < -0.39 is 0 Å². The molecule has 2 aliphatic rings. The van der Waals surface area contributed by atoms with Crippen molar-refractivity contribution in [2.45, 2.75) is 44.1 Å². The zero-order chi connectivity index (χ0) is 10.7. The van der Waals surface area contributed by atoms with Crippen LogP contribution in [0.3, 0.4) is 0 Å². The fourth-order valence-electron chi connectivity index (χ4n) is 2.63. The number of rotatable bonds is 3. The lowest BCUT2D eigenvalue weighted by atomic mass is 9.95. The molecule has 84 valence electrons. The fourth-order valence-corrected chi connectivity index (χ4v) is 2.63. The summed E-state index contributed by atoms with van der Waals surface area (Å²) in [5.41, 5.74) is 5.70. The minimum atomic E-state index is -0.0837. The molecule has 3 N–H and O–H groups in total. The van der Waals surface area contributed by atoms with Crippen LogP contribution in [0.5, 0.6) is 0 Å². The van der Waals surface area contributed by atoms with Crippen LogP contribution in [0.25, 0.3) is 0 Å². The van der Waals surface area contributed by atoms with Gasteiger partial charge in [0, 0.05) is 12.5 Å². The fraction of sp³-hybridized carbons (Fsp3) is 0.750. The molecule has 0 radical (unpaired) electrons. The predicted octanol–water partition coefficient (Wildman–Crippen LogP) is 1.34. The zero-order valence-electron chi connectivity index (χ0n) is 9.17. The summed E-state index contributed by atoms with van der Waals surface area (Å²) in [5.74, 6) is 0.362. The molecule has 0 bridgehead atoms. The van der Waals surface area contributed by atoms with E-state index in [1.54, 1.807) is 0 Å². The third-order valence-electron chi connectivity index (χ3n) is 3.72. The van der Waals surface area contributed by atoms with Crippen LogP contribution in [0.1, 0.15) is 38.5 Å². The van der Waals surface area contributed by atoms with Gasteiger partial charge in [-0.15, -0.1) is 0 Å². The summed E-state index contributed by atoms with van der Waals surface area (Å²) >= 11 is 0. The van der Waals surface area contributed by atoms with E-state index in [0.29, 0.717) is 6.54 Å². The second-order valence-corrected chi connectivity index (χ2v) is 4.82. The Morgan fingerprint density at radius 1 is 1.33 bits per heavy atom. The summed E-state index contributed by atoms with van der Waals surface area (Å²) in [4.78, 5) is 12.0. The van der Waals surface area contributed by atoms with Gasteiger partial charge in [0.1, 0.15) is 0 Å². The van der Waals surface area contributed by atoms with Gasteiger partial charge in [0.15, 0.2) is 0 Å². The molecule has 2 aliphatic carbocycles. The second kappa shape index (κ2) is 4.35. The van der Waals surface area contributed by atoms with Crippen molar-refractivity contribution in [2.75, 3.05) is 6.54 Å². The van der Waals surface area contributed by atoms with Crippen LogP contribution >= 0.6 is 0 Å². The van der Waals surface area contributed by atoms with E-state index in [1.165, 1.54) is 12.8 Å². The Balaban J connectivity index is 1.91. The van der Waals surface area contributed by atoms with Crippen LogP contribution in [-0.4, -0.2) is 18.0 Å². The molecule has 0 aromatic carbocycles. The van der Waals surface area contributed by atoms with E-state index in [2.05, 4.69) is 17.5 Å². The van der Waals surface area contributed by atoms with Crippen molar-refractivity contribution < 1.29 is 4.79 Å². The lowest BCUT2D eigenvalue weighted by Crippen LogP contribution is -2.53. The first kappa shape index (κ1) is 10.7. The molecule has 0 aromatic rings. The molecule has 0 spiro atoms. The van der Waals surface area contributed by atoms with Crippen LogP contribution < -0.4 is 11.1 Å². The molecule has 1 fully saturated rings. The lowest BCUT2D eigenvalue weighted by Gasteiger charge is -2.30. The van der Waals surface area contributed by atoms with Gasteiger partial charge in [-0.1, -0.05) is 25.0 Å². The van der Waals surface area contributed by atoms with Crippen molar-refractivity contribution in [2.24, 2.45) is 11.7 Å². The standard InChI is InChI=1S/C12H20N2O/c13-9-12(7-3-4-8-12)14-11(15)10-5-1-2-6-10/h1-2,10H,3-9,13H2,(H,14,15). The average Bonchev–Trinajstić information content (AvgIpc) is 2.88. The molecule has 0 aromatic heterocycles. The minimum absolute atomic E-state index is 0.0837. The molecule has 2 rings (SSSR count). The third kappa shape index (κ3) is 2.23. The maximum Gasteiger partial charge on any atom is 0.224 e. The highest BCUT2D eigenvalue weighted by atomic mass is 16.2. The first-order valence-corrected chi connectivity index (χ1v) is 5.93. The predicted molar refractivity (Wildman–Crippen MR) is 60.3 cm³/mol. The molecule has 0 aliphatic heterocycles.